The van der Waals surface area contributed by atoms with Crippen LogP contribution in [0.3, 0.4) is 0 Å². The lowest BCUT2D eigenvalue weighted by atomic mass is 10.1. The van der Waals surface area contributed by atoms with Crippen molar-refractivity contribution in [2.24, 2.45) is 0 Å². The number of aryl methyl sites for hydroxylation is 1. The van der Waals surface area contributed by atoms with Crippen molar-refractivity contribution in [1.82, 2.24) is 0 Å². The van der Waals surface area contributed by atoms with Crippen LogP contribution < -0.4 is 10.5 Å². The van der Waals surface area contributed by atoms with Gasteiger partial charge in [0.05, 0.1) is 0 Å². The van der Waals surface area contributed by atoms with E-state index in [1.165, 1.54) is 11.3 Å². The summed E-state index contributed by atoms with van der Waals surface area (Å²) in [5.41, 5.74) is 5.17. The molecule has 2 heterocycles. The number of hydrogen-bond acceptors (Lipinski definition) is 3. The minimum atomic E-state index is -0.279. The maximum Gasteiger partial charge on any atom is 0.336 e. The molecule has 1 atom stereocenters. The van der Waals surface area contributed by atoms with Crippen molar-refractivity contribution in [2.75, 3.05) is 4.90 Å². The van der Waals surface area contributed by atoms with Gasteiger partial charge in [0.1, 0.15) is 5.58 Å². The summed E-state index contributed by atoms with van der Waals surface area (Å²) >= 11 is 0. The molecule has 0 saturated carbocycles. The van der Waals surface area contributed by atoms with Crippen LogP contribution in [-0.2, 0) is 13.0 Å². The van der Waals surface area contributed by atoms with E-state index in [1.807, 2.05) is 13.0 Å². The molecule has 0 aliphatic carbocycles. The zero-order valence-corrected chi connectivity index (χ0v) is 13.4. The monoisotopic (exact) mass is 305 g/mol. The van der Waals surface area contributed by atoms with E-state index in [0.29, 0.717) is 11.6 Å². The standard InChI is InChI=1S/C20H19NO2/c1-13-7-8-17-16(11-20(22)23-19(17)9-13)12-21-14(2)10-15-5-3-4-6-18(15)21/h3-9,11,14H,10,12H2,1-2H3. The van der Waals surface area contributed by atoms with Gasteiger partial charge in [0.25, 0.3) is 0 Å². The first-order valence-corrected chi connectivity index (χ1v) is 8.00. The van der Waals surface area contributed by atoms with Crippen molar-refractivity contribution in [3.63, 3.8) is 0 Å². The van der Waals surface area contributed by atoms with Crippen LogP contribution in [0.5, 0.6) is 0 Å². The Morgan fingerprint density at radius 2 is 2.00 bits per heavy atom. The van der Waals surface area contributed by atoms with Gasteiger partial charge in [-0.25, -0.2) is 4.79 Å². The SMILES string of the molecule is Cc1ccc2c(CN3c4ccccc4CC3C)cc(=O)oc2c1. The van der Waals surface area contributed by atoms with Crippen LogP contribution in [0.1, 0.15) is 23.6 Å². The van der Waals surface area contributed by atoms with Crippen LogP contribution >= 0.6 is 0 Å². The number of nitrogens with zero attached hydrogens (tertiary/aromatic N) is 1. The summed E-state index contributed by atoms with van der Waals surface area (Å²) in [6, 6.07) is 16.6. The molecule has 0 spiro atoms. The molecule has 0 N–H and O–H groups in total. The third-order valence-electron chi connectivity index (χ3n) is 4.67. The number of para-hydroxylation sites is 1. The fourth-order valence-corrected chi connectivity index (χ4v) is 3.52. The molecule has 0 amide bonds. The maximum atomic E-state index is 11.9. The largest absolute Gasteiger partial charge is 0.423 e. The summed E-state index contributed by atoms with van der Waals surface area (Å²) < 4.78 is 5.37. The third kappa shape index (κ3) is 2.42. The Balaban J connectivity index is 1.80. The molecular weight excluding hydrogens is 286 g/mol. The minimum absolute atomic E-state index is 0.279. The average molecular weight is 305 g/mol. The molecule has 0 fully saturated rings. The molecule has 0 bridgehead atoms. The average Bonchev–Trinajstić information content (AvgIpc) is 2.83. The molecule has 1 aliphatic rings. The number of benzene rings is 2. The molecule has 116 valence electrons. The van der Waals surface area contributed by atoms with Crippen molar-refractivity contribution < 1.29 is 4.42 Å². The van der Waals surface area contributed by atoms with E-state index in [2.05, 4.69) is 48.2 Å². The Morgan fingerprint density at radius 1 is 1.17 bits per heavy atom. The molecule has 23 heavy (non-hydrogen) atoms. The zero-order chi connectivity index (χ0) is 16.0. The smallest absolute Gasteiger partial charge is 0.336 e. The Kier molecular flexibility index (Phi) is 3.22. The van der Waals surface area contributed by atoms with Gasteiger partial charge in [0.15, 0.2) is 0 Å². The van der Waals surface area contributed by atoms with Gasteiger partial charge in [-0.05, 0) is 49.1 Å². The Morgan fingerprint density at radius 3 is 2.87 bits per heavy atom. The second-order valence-corrected chi connectivity index (χ2v) is 6.40. The second kappa shape index (κ2) is 5.27. The molecular formula is C20H19NO2. The van der Waals surface area contributed by atoms with Crippen molar-refractivity contribution in [1.29, 1.82) is 0 Å². The first kappa shape index (κ1) is 14.1. The highest BCUT2D eigenvalue weighted by atomic mass is 16.4. The molecule has 1 aliphatic heterocycles. The molecule has 4 rings (SSSR count). The lowest BCUT2D eigenvalue weighted by Crippen LogP contribution is -2.29. The van der Waals surface area contributed by atoms with E-state index in [4.69, 9.17) is 4.42 Å². The quantitative estimate of drug-likeness (QED) is 0.670. The Bertz CT molecular complexity index is 942. The van der Waals surface area contributed by atoms with Gasteiger partial charge in [-0.2, -0.15) is 0 Å². The normalized spacial score (nSPS) is 16.8. The summed E-state index contributed by atoms with van der Waals surface area (Å²) in [6.07, 6.45) is 1.05. The summed E-state index contributed by atoms with van der Waals surface area (Å²) in [6.45, 7) is 4.96. The predicted octanol–water partition coefficient (Wildman–Crippen LogP) is 4.05. The highest BCUT2D eigenvalue weighted by Crippen LogP contribution is 2.33. The maximum absolute atomic E-state index is 11.9. The summed E-state index contributed by atoms with van der Waals surface area (Å²) in [5, 5.41) is 1.02. The number of hydrogen-bond donors (Lipinski definition) is 0. The topological polar surface area (TPSA) is 33.5 Å². The van der Waals surface area contributed by atoms with Crippen LogP contribution in [-0.4, -0.2) is 6.04 Å². The fraction of sp³-hybridized carbons (Fsp3) is 0.250. The van der Waals surface area contributed by atoms with Crippen molar-refractivity contribution in [3.8, 4) is 0 Å². The van der Waals surface area contributed by atoms with Crippen LogP contribution in [0.2, 0.25) is 0 Å². The first-order chi connectivity index (χ1) is 11.1. The third-order valence-corrected chi connectivity index (χ3v) is 4.67. The fourth-order valence-electron chi connectivity index (χ4n) is 3.52. The van der Waals surface area contributed by atoms with Gasteiger partial charge in [-0.1, -0.05) is 30.3 Å². The molecule has 1 unspecified atom stereocenters. The second-order valence-electron chi connectivity index (χ2n) is 6.40. The van der Waals surface area contributed by atoms with Crippen molar-refractivity contribution in [3.05, 3.63) is 75.6 Å². The summed E-state index contributed by atoms with van der Waals surface area (Å²) in [5.74, 6) is 0. The molecule has 0 saturated heterocycles. The van der Waals surface area contributed by atoms with Crippen LogP contribution in [0.25, 0.3) is 11.0 Å². The van der Waals surface area contributed by atoms with Crippen molar-refractivity contribution in [2.45, 2.75) is 32.9 Å². The van der Waals surface area contributed by atoms with Gasteiger partial charge < -0.3 is 9.32 Å². The predicted molar refractivity (Wildman–Crippen MR) is 93.0 cm³/mol. The van der Waals surface area contributed by atoms with Gasteiger partial charge in [0, 0.05) is 29.7 Å². The number of anilines is 1. The van der Waals surface area contributed by atoms with Crippen molar-refractivity contribution >= 4 is 16.7 Å². The highest BCUT2D eigenvalue weighted by molar-refractivity contribution is 5.81. The molecule has 3 nitrogen and oxygen atoms in total. The molecule has 1 aromatic heterocycles. The van der Waals surface area contributed by atoms with Gasteiger partial charge in [-0.3, -0.25) is 0 Å². The van der Waals surface area contributed by atoms with E-state index in [1.54, 1.807) is 6.07 Å². The lowest BCUT2D eigenvalue weighted by Gasteiger charge is -2.25. The zero-order valence-electron chi connectivity index (χ0n) is 13.4. The first-order valence-electron chi connectivity index (χ1n) is 8.00. The van der Waals surface area contributed by atoms with E-state index >= 15 is 0 Å². The van der Waals surface area contributed by atoms with Gasteiger partial charge in [-0.15, -0.1) is 0 Å². The molecule has 2 aromatic carbocycles. The highest BCUT2D eigenvalue weighted by Gasteiger charge is 2.26. The van der Waals surface area contributed by atoms with Crippen LogP contribution in [0.4, 0.5) is 5.69 Å². The van der Waals surface area contributed by atoms with Gasteiger partial charge in [0.2, 0.25) is 0 Å². The Labute approximate surface area is 135 Å². The van der Waals surface area contributed by atoms with E-state index in [-0.39, 0.29) is 5.63 Å². The number of fused-ring (bicyclic) bond motifs is 2. The van der Waals surface area contributed by atoms with Crippen LogP contribution in [0.15, 0.2) is 57.7 Å². The van der Waals surface area contributed by atoms with E-state index in [9.17, 15) is 4.79 Å². The Hall–Kier alpha value is -2.55. The number of rotatable bonds is 2. The molecule has 3 aromatic rings. The minimum Gasteiger partial charge on any atom is -0.423 e. The summed E-state index contributed by atoms with van der Waals surface area (Å²) in [4.78, 5) is 14.3. The summed E-state index contributed by atoms with van der Waals surface area (Å²) in [7, 11) is 0. The molecule has 0 radical (unpaired) electrons. The molecule has 3 heteroatoms. The van der Waals surface area contributed by atoms with E-state index < -0.39 is 0 Å². The van der Waals surface area contributed by atoms with Crippen LogP contribution in [0, 0.1) is 6.92 Å². The van der Waals surface area contributed by atoms with Gasteiger partial charge >= 0.3 is 5.63 Å². The van der Waals surface area contributed by atoms with E-state index in [0.717, 1.165) is 29.5 Å². The lowest BCUT2D eigenvalue weighted by molar-refractivity contribution is 0.557.